The summed E-state index contributed by atoms with van der Waals surface area (Å²) in [5.41, 5.74) is 1.85. The molecule has 6 nitrogen and oxygen atoms in total. The lowest BCUT2D eigenvalue weighted by Gasteiger charge is -2.32. The fraction of sp³-hybridized carbons (Fsp3) is 0.294. The third-order valence-electron chi connectivity index (χ3n) is 4.22. The Hall–Kier alpha value is -2.38. The van der Waals surface area contributed by atoms with Crippen LogP contribution in [0, 0.1) is 0 Å². The van der Waals surface area contributed by atoms with Crippen LogP contribution >= 0.6 is 11.3 Å². The minimum absolute atomic E-state index is 0.103. The number of benzene rings is 1. The van der Waals surface area contributed by atoms with Gasteiger partial charge in [-0.25, -0.2) is 9.78 Å². The van der Waals surface area contributed by atoms with Crippen molar-refractivity contribution in [3.63, 3.8) is 0 Å². The van der Waals surface area contributed by atoms with E-state index in [2.05, 4.69) is 10.3 Å². The van der Waals surface area contributed by atoms with E-state index in [1.807, 2.05) is 47.5 Å². The molecule has 1 aromatic carbocycles. The summed E-state index contributed by atoms with van der Waals surface area (Å²) in [5, 5.41) is 6.99. The van der Waals surface area contributed by atoms with Crippen LogP contribution in [0.5, 0.6) is 0 Å². The quantitative estimate of drug-likeness (QED) is 0.778. The molecule has 1 aliphatic heterocycles. The number of morpholine rings is 1. The number of hydrogen-bond acceptors (Lipinski definition) is 4. The second kappa shape index (κ2) is 6.26. The van der Waals surface area contributed by atoms with E-state index in [0.717, 1.165) is 21.6 Å². The Bertz CT molecular complexity index is 859. The van der Waals surface area contributed by atoms with Crippen molar-refractivity contribution in [1.29, 1.82) is 0 Å². The van der Waals surface area contributed by atoms with E-state index < -0.39 is 0 Å². The number of hydrogen-bond donors (Lipinski definition) is 1. The molecule has 1 N–H and O–H groups in total. The number of ether oxygens (including phenoxy) is 1. The largest absolute Gasteiger partial charge is 0.367 e. The molecule has 24 heavy (non-hydrogen) atoms. The third-order valence-corrected chi connectivity index (χ3v) is 5.09. The monoisotopic (exact) mass is 342 g/mol. The maximum atomic E-state index is 12.7. The summed E-state index contributed by atoms with van der Waals surface area (Å²) in [6.07, 6.45) is 3.61. The number of urea groups is 1. The molecule has 1 saturated heterocycles. The fourth-order valence-corrected chi connectivity index (χ4v) is 3.71. The van der Waals surface area contributed by atoms with E-state index >= 15 is 0 Å². The number of aromatic nitrogens is 2. The summed E-state index contributed by atoms with van der Waals surface area (Å²) in [6, 6.07) is 7.86. The van der Waals surface area contributed by atoms with Gasteiger partial charge in [0.25, 0.3) is 0 Å². The van der Waals surface area contributed by atoms with Crippen LogP contribution in [0.15, 0.2) is 42.0 Å². The van der Waals surface area contributed by atoms with Crippen LogP contribution < -0.4 is 5.32 Å². The molecule has 2 aromatic heterocycles. The Morgan fingerprint density at radius 1 is 1.42 bits per heavy atom. The van der Waals surface area contributed by atoms with Crippen molar-refractivity contribution in [3.8, 4) is 0 Å². The molecule has 0 radical (unpaired) electrons. The van der Waals surface area contributed by atoms with Gasteiger partial charge in [0.05, 0.1) is 24.4 Å². The molecular formula is C17H18N4O2S. The number of aryl methyl sites for hydroxylation is 1. The molecule has 3 aromatic rings. The van der Waals surface area contributed by atoms with Gasteiger partial charge < -0.3 is 19.5 Å². The lowest BCUT2D eigenvalue weighted by Crippen LogP contribution is -2.44. The zero-order valence-corrected chi connectivity index (χ0v) is 14.1. The maximum absolute atomic E-state index is 12.7. The first-order chi connectivity index (χ1) is 11.7. The number of carbonyl (C=O) groups excluding carboxylic acids is 1. The Morgan fingerprint density at radius 3 is 3.17 bits per heavy atom. The summed E-state index contributed by atoms with van der Waals surface area (Å²) in [7, 11) is 1.98. The number of rotatable bonds is 2. The normalized spacial score (nSPS) is 18.0. The molecule has 0 bridgehead atoms. The van der Waals surface area contributed by atoms with Gasteiger partial charge in [-0.15, -0.1) is 11.3 Å². The molecule has 3 heterocycles. The first-order valence-electron chi connectivity index (χ1n) is 7.83. The number of carbonyl (C=O) groups is 1. The molecule has 0 aliphatic carbocycles. The van der Waals surface area contributed by atoms with Gasteiger partial charge in [-0.2, -0.15) is 0 Å². The number of anilines is 1. The van der Waals surface area contributed by atoms with Crippen molar-refractivity contribution in [3.05, 3.63) is 47.0 Å². The molecule has 1 aliphatic rings. The highest BCUT2D eigenvalue weighted by molar-refractivity contribution is 7.09. The molecule has 0 saturated carbocycles. The summed E-state index contributed by atoms with van der Waals surface area (Å²) >= 11 is 1.55. The summed E-state index contributed by atoms with van der Waals surface area (Å²) in [5.74, 6) is 0. The van der Waals surface area contributed by atoms with Crippen LogP contribution in [0.2, 0.25) is 0 Å². The summed E-state index contributed by atoms with van der Waals surface area (Å²) in [4.78, 5) is 18.8. The molecule has 7 heteroatoms. The van der Waals surface area contributed by atoms with Crippen LogP contribution in [-0.4, -0.2) is 40.2 Å². The zero-order chi connectivity index (χ0) is 16.5. The minimum atomic E-state index is -0.143. The number of fused-ring (bicyclic) bond motifs is 1. The summed E-state index contributed by atoms with van der Waals surface area (Å²) < 4.78 is 7.77. The first kappa shape index (κ1) is 15.2. The van der Waals surface area contributed by atoms with Gasteiger partial charge in [0.1, 0.15) is 11.1 Å². The first-order valence-corrected chi connectivity index (χ1v) is 8.71. The van der Waals surface area contributed by atoms with Crippen LogP contribution in [-0.2, 0) is 11.8 Å². The number of nitrogens with one attached hydrogen (secondary N) is 1. The number of thiazole rings is 1. The maximum Gasteiger partial charge on any atom is 0.322 e. The van der Waals surface area contributed by atoms with E-state index in [9.17, 15) is 4.79 Å². The van der Waals surface area contributed by atoms with Crippen molar-refractivity contribution in [2.45, 2.75) is 6.10 Å². The molecule has 4 rings (SSSR count). The van der Waals surface area contributed by atoms with Crippen molar-refractivity contribution in [2.75, 3.05) is 25.0 Å². The highest BCUT2D eigenvalue weighted by Crippen LogP contribution is 2.26. The van der Waals surface area contributed by atoms with E-state index in [0.29, 0.717) is 19.7 Å². The lowest BCUT2D eigenvalue weighted by molar-refractivity contribution is -0.0135. The third kappa shape index (κ3) is 2.76. The van der Waals surface area contributed by atoms with Gasteiger partial charge >= 0.3 is 6.03 Å². The van der Waals surface area contributed by atoms with Crippen molar-refractivity contribution >= 4 is 34.0 Å². The topological polar surface area (TPSA) is 59.4 Å². The van der Waals surface area contributed by atoms with Gasteiger partial charge in [0, 0.05) is 36.8 Å². The average molecular weight is 342 g/mol. The van der Waals surface area contributed by atoms with Crippen molar-refractivity contribution in [1.82, 2.24) is 14.5 Å². The molecule has 2 amide bonds. The zero-order valence-electron chi connectivity index (χ0n) is 13.3. The fourth-order valence-electron chi connectivity index (χ4n) is 3.03. The summed E-state index contributed by atoms with van der Waals surface area (Å²) in [6.45, 7) is 1.62. The molecule has 1 fully saturated rings. The minimum Gasteiger partial charge on any atom is -0.367 e. The smallest absolute Gasteiger partial charge is 0.322 e. The van der Waals surface area contributed by atoms with Gasteiger partial charge in [0.2, 0.25) is 0 Å². The van der Waals surface area contributed by atoms with Crippen LogP contribution in [0.3, 0.4) is 0 Å². The molecule has 0 spiro atoms. The highest BCUT2D eigenvalue weighted by atomic mass is 32.1. The van der Waals surface area contributed by atoms with Gasteiger partial charge in [0.15, 0.2) is 0 Å². The molecule has 1 unspecified atom stereocenters. The number of nitrogens with zero attached hydrogens (tertiary/aromatic N) is 3. The van der Waals surface area contributed by atoms with E-state index in [1.54, 1.807) is 22.4 Å². The van der Waals surface area contributed by atoms with Crippen molar-refractivity contribution < 1.29 is 9.53 Å². The highest BCUT2D eigenvalue weighted by Gasteiger charge is 2.27. The second-order valence-corrected chi connectivity index (χ2v) is 6.70. The van der Waals surface area contributed by atoms with Gasteiger partial charge in [-0.05, 0) is 12.1 Å². The Balaban J connectivity index is 1.52. The van der Waals surface area contributed by atoms with Crippen molar-refractivity contribution in [2.24, 2.45) is 7.05 Å². The van der Waals surface area contributed by atoms with Crippen LogP contribution in [0.4, 0.5) is 10.5 Å². The Labute approximate surface area is 143 Å². The van der Waals surface area contributed by atoms with E-state index in [-0.39, 0.29) is 12.1 Å². The number of para-hydroxylation sites is 1. The predicted molar refractivity (Wildman–Crippen MR) is 94.3 cm³/mol. The Morgan fingerprint density at radius 2 is 2.33 bits per heavy atom. The van der Waals surface area contributed by atoms with Gasteiger partial charge in [-0.1, -0.05) is 12.1 Å². The van der Waals surface area contributed by atoms with E-state index in [1.165, 1.54) is 0 Å². The predicted octanol–water partition coefficient (Wildman–Crippen LogP) is 3.24. The molecule has 1 atom stereocenters. The van der Waals surface area contributed by atoms with Gasteiger partial charge in [-0.3, -0.25) is 0 Å². The lowest BCUT2D eigenvalue weighted by atomic mass is 10.2. The Kier molecular flexibility index (Phi) is 3.95. The number of amides is 2. The second-order valence-electron chi connectivity index (χ2n) is 5.78. The molecular weight excluding hydrogens is 324 g/mol. The van der Waals surface area contributed by atoms with E-state index in [4.69, 9.17) is 4.74 Å². The molecule has 124 valence electrons. The van der Waals surface area contributed by atoms with Crippen LogP contribution in [0.25, 0.3) is 10.9 Å². The standard InChI is InChI=1S/C17H18N4O2S/c1-20-7-5-12-3-2-4-13(15(12)20)19-17(22)21-8-9-23-14(11-21)16-18-6-10-24-16/h2-7,10,14H,8-9,11H2,1H3,(H,19,22). The average Bonchev–Trinajstić information content (AvgIpc) is 3.26. The SMILES string of the molecule is Cn1ccc2cccc(NC(=O)N3CCOC(c4nccs4)C3)c21. The van der Waals surface area contributed by atoms with Crippen LogP contribution in [0.1, 0.15) is 11.1 Å².